The van der Waals surface area contributed by atoms with Gasteiger partial charge in [-0.1, -0.05) is 18.2 Å². The van der Waals surface area contributed by atoms with Crippen molar-refractivity contribution in [2.45, 2.75) is 0 Å². The molecule has 1 aliphatic heterocycles. The molecule has 1 heterocycles. The van der Waals surface area contributed by atoms with Gasteiger partial charge >= 0.3 is 0 Å². The molecule has 1 fully saturated rings. The Bertz CT molecular complexity index is 263. The average Bonchev–Trinajstić information content (AvgIpc) is 2.29. The summed E-state index contributed by atoms with van der Waals surface area (Å²) in [5.74, 6) is 0.930. The molecule has 15 heavy (non-hydrogen) atoms. The molecule has 1 aromatic carbocycles. The summed E-state index contributed by atoms with van der Waals surface area (Å²) >= 11 is 0. The largest absolute Gasteiger partial charge is 0.478 e. The minimum absolute atomic E-state index is 0. The summed E-state index contributed by atoms with van der Waals surface area (Å²) in [7, 11) is 0. The van der Waals surface area contributed by atoms with Gasteiger partial charge in [0.25, 0.3) is 0 Å². The number of benzene rings is 1. The Morgan fingerprint density at radius 2 is 1.80 bits per heavy atom. The second-order valence-electron chi connectivity index (χ2n) is 3.32. The minimum atomic E-state index is 0. The van der Waals surface area contributed by atoms with E-state index >= 15 is 0 Å². The van der Waals surface area contributed by atoms with E-state index in [0.29, 0.717) is 6.73 Å². The zero-order chi connectivity index (χ0) is 9.64. The van der Waals surface area contributed by atoms with Crippen LogP contribution in [0.25, 0.3) is 0 Å². The van der Waals surface area contributed by atoms with Crippen molar-refractivity contribution >= 4 is 12.4 Å². The molecule has 84 valence electrons. The third-order valence-corrected chi connectivity index (χ3v) is 2.26. The van der Waals surface area contributed by atoms with Gasteiger partial charge in [0, 0.05) is 13.1 Å². The fourth-order valence-corrected chi connectivity index (χ4v) is 1.41. The predicted octanol–water partition coefficient (Wildman–Crippen LogP) is 1.78. The number of rotatable bonds is 3. The van der Waals surface area contributed by atoms with Crippen molar-refractivity contribution in [3.63, 3.8) is 0 Å². The standard InChI is InChI=1S/C11H15NO2.ClH/c1-2-4-11(5-3-1)14-10-12-6-8-13-9-7-12;/h1-5H,6-10H2;1H. The summed E-state index contributed by atoms with van der Waals surface area (Å²) in [6, 6.07) is 9.89. The molecular formula is C11H16ClNO2. The molecule has 0 saturated carbocycles. The Morgan fingerprint density at radius 3 is 2.47 bits per heavy atom. The van der Waals surface area contributed by atoms with E-state index in [1.165, 1.54) is 0 Å². The molecule has 1 saturated heterocycles. The number of nitrogens with zero attached hydrogens (tertiary/aromatic N) is 1. The topological polar surface area (TPSA) is 21.7 Å². The fraction of sp³-hybridized carbons (Fsp3) is 0.455. The summed E-state index contributed by atoms with van der Waals surface area (Å²) < 4.78 is 10.9. The van der Waals surface area contributed by atoms with Crippen LogP contribution >= 0.6 is 12.4 Å². The zero-order valence-electron chi connectivity index (χ0n) is 8.59. The molecular weight excluding hydrogens is 214 g/mol. The normalized spacial score (nSPS) is 16.8. The minimum Gasteiger partial charge on any atom is -0.478 e. The van der Waals surface area contributed by atoms with Crippen molar-refractivity contribution in [3.8, 4) is 5.75 Å². The van der Waals surface area contributed by atoms with Crippen LogP contribution in [0.5, 0.6) is 5.75 Å². The molecule has 1 aromatic rings. The lowest BCUT2D eigenvalue weighted by molar-refractivity contribution is 0.00407. The van der Waals surface area contributed by atoms with Crippen molar-refractivity contribution in [1.82, 2.24) is 4.90 Å². The molecule has 3 nitrogen and oxygen atoms in total. The Balaban J connectivity index is 0.00000112. The predicted molar refractivity (Wildman–Crippen MR) is 61.6 cm³/mol. The van der Waals surface area contributed by atoms with Gasteiger partial charge in [0.05, 0.1) is 13.2 Å². The van der Waals surface area contributed by atoms with Gasteiger partial charge in [-0.05, 0) is 12.1 Å². The van der Waals surface area contributed by atoms with Gasteiger partial charge < -0.3 is 9.47 Å². The highest BCUT2D eigenvalue weighted by Crippen LogP contribution is 2.09. The molecule has 1 aliphatic rings. The molecule has 0 spiro atoms. The summed E-state index contributed by atoms with van der Waals surface area (Å²) in [6.45, 7) is 4.23. The molecule has 2 rings (SSSR count). The van der Waals surface area contributed by atoms with Gasteiger partial charge in [-0.3, -0.25) is 4.90 Å². The molecule has 0 unspecified atom stereocenters. The third kappa shape index (κ3) is 4.08. The van der Waals surface area contributed by atoms with E-state index in [-0.39, 0.29) is 12.4 Å². The third-order valence-electron chi connectivity index (χ3n) is 2.26. The maximum atomic E-state index is 5.62. The van der Waals surface area contributed by atoms with Gasteiger partial charge in [-0.15, -0.1) is 12.4 Å². The number of morpholine rings is 1. The Hall–Kier alpha value is -0.770. The number of ether oxygens (including phenoxy) is 2. The lowest BCUT2D eigenvalue weighted by Crippen LogP contribution is -2.38. The highest BCUT2D eigenvalue weighted by Gasteiger charge is 2.09. The Kier molecular flexibility index (Phi) is 5.47. The zero-order valence-corrected chi connectivity index (χ0v) is 9.41. The first-order valence-electron chi connectivity index (χ1n) is 4.93. The van der Waals surface area contributed by atoms with E-state index in [0.717, 1.165) is 32.1 Å². The maximum absolute atomic E-state index is 5.62. The van der Waals surface area contributed by atoms with Crippen molar-refractivity contribution < 1.29 is 9.47 Å². The molecule has 0 radical (unpaired) electrons. The van der Waals surface area contributed by atoms with Crippen LogP contribution in [-0.4, -0.2) is 37.9 Å². The maximum Gasteiger partial charge on any atom is 0.142 e. The summed E-state index contributed by atoms with van der Waals surface area (Å²) in [4.78, 5) is 2.25. The van der Waals surface area contributed by atoms with Crippen molar-refractivity contribution in [3.05, 3.63) is 30.3 Å². The van der Waals surface area contributed by atoms with Crippen LogP contribution < -0.4 is 4.74 Å². The molecule has 0 amide bonds. The van der Waals surface area contributed by atoms with Gasteiger partial charge in [0.2, 0.25) is 0 Å². The van der Waals surface area contributed by atoms with Gasteiger partial charge in [0.15, 0.2) is 0 Å². The molecule has 0 bridgehead atoms. The van der Waals surface area contributed by atoms with Crippen molar-refractivity contribution in [2.24, 2.45) is 0 Å². The van der Waals surface area contributed by atoms with Crippen LogP contribution in [0, 0.1) is 0 Å². The SMILES string of the molecule is Cl.c1ccc(OCN2CCOCC2)cc1. The van der Waals surface area contributed by atoms with Crippen LogP contribution in [-0.2, 0) is 4.74 Å². The van der Waals surface area contributed by atoms with E-state index in [1.807, 2.05) is 30.3 Å². The molecule has 0 atom stereocenters. The smallest absolute Gasteiger partial charge is 0.142 e. The Labute approximate surface area is 96.4 Å². The van der Waals surface area contributed by atoms with E-state index in [9.17, 15) is 0 Å². The summed E-state index contributed by atoms with van der Waals surface area (Å²) in [5.41, 5.74) is 0. The first kappa shape index (κ1) is 12.3. The first-order valence-corrected chi connectivity index (χ1v) is 4.93. The molecule has 0 aromatic heterocycles. The van der Waals surface area contributed by atoms with Gasteiger partial charge in [0.1, 0.15) is 12.5 Å². The monoisotopic (exact) mass is 229 g/mol. The fourth-order valence-electron chi connectivity index (χ4n) is 1.41. The van der Waals surface area contributed by atoms with Crippen LogP contribution in [0.2, 0.25) is 0 Å². The van der Waals surface area contributed by atoms with Gasteiger partial charge in [-0.2, -0.15) is 0 Å². The highest BCUT2D eigenvalue weighted by molar-refractivity contribution is 5.85. The first-order chi connectivity index (χ1) is 6.95. The van der Waals surface area contributed by atoms with Crippen molar-refractivity contribution in [1.29, 1.82) is 0 Å². The van der Waals surface area contributed by atoms with E-state index in [1.54, 1.807) is 0 Å². The van der Waals surface area contributed by atoms with Gasteiger partial charge in [-0.25, -0.2) is 0 Å². The van der Waals surface area contributed by atoms with Crippen molar-refractivity contribution in [2.75, 3.05) is 33.0 Å². The second kappa shape index (κ2) is 6.67. The highest BCUT2D eigenvalue weighted by atomic mass is 35.5. The summed E-state index contributed by atoms with van der Waals surface area (Å²) in [5, 5.41) is 0. The van der Waals surface area contributed by atoms with E-state index < -0.39 is 0 Å². The lowest BCUT2D eigenvalue weighted by atomic mass is 10.3. The second-order valence-corrected chi connectivity index (χ2v) is 3.32. The number of para-hydroxylation sites is 1. The number of halogens is 1. The van der Waals surface area contributed by atoms with E-state index in [4.69, 9.17) is 9.47 Å². The quantitative estimate of drug-likeness (QED) is 0.789. The molecule has 0 N–H and O–H groups in total. The van der Waals surface area contributed by atoms with E-state index in [2.05, 4.69) is 4.90 Å². The van der Waals surface area contributed by atoms with Crippen LogP contribution in [0.3, 0.4) is 0 Å². The summed E-state index contributed by atoms with van der Waals surface area (Å²) in [6.07, 6.45) is 0. The molecule has 4 heteroatoms. The van der Waals surface area contributed by atoms with Crippen LogP contribution in [0.15, 0.2) is 30.3 Å². The van der Waals surface area contributed by atoms with Crippen LogP contribution in [0.1, 0.15) is 0 Å². The Morgan fingerprint density at radius 1 is 1.13 bits per heavy atom. The number of hydrogen-bond acceptors (Lipinski definition) is 3. The lowest BCUT2D eigenvalue weighted by Gasteiger charge is -2.26. The number of hydrogen-bond donors (Lipinski definition) is 0. The molecule has 0 aliphatic carbocycles. The van der Waals surface area contributed by atoms with Crippen LogP contribution in [0.4, 0.5) is 0 Å². The average molecular weight is 230 g/mol.